The molecule has 0 unspecified atom stereocenters. The molecule has 3 heteroatoms. The maximum Gasteiger partial charge on any atom is 0.217 e. The van der Waals surface area contributed by atoms with Crippen molar-refractivity contribution in [2.75, 3.05) is 0 Å². The Bertz CT molecular complexity index is 141. The van der Waals surface area contributed by atoms with Gasteiger partial charge < -0.3 is 10.8 Å². The van der Waals surface area contributed by atoms with Crippen LogP contribution >= 0.6 is 0 Å². The molecule has 0 aliphatic heterocycles. The summed E-state index contributed by atoms with van der Waals surface area (Å²) in [6.45, 7) is 0. The minimum absolute atomic E-state index is 0.316. The zero-order valence-corrected chi connectivity index (χ0v) is 5.97. The van der Waals surface area contributed by atoms with Crippen LogP contribution in [0.3, 0.4) is 0 Å². The number of carbonyl (C=O) groups excluding carboxylic acids is 1. The molecule has 1 fully saturated rings. The fourth-order valence-electron chi connectivity index (χ4n) is 1.19. The Morgan fingerprint density at radius 3 is 2.50 bits per heavy atom. The summed E-state index contributed by atoms with van der Waals surface area (Å²) in [4.78, 5) is 10.3. The number of primary amides is 1. The molecule has 0 aromatic heterocycles. The van der Waals surface area contributed by atoms with Crippen molar-refractivity contribution in [1.29, 1.82) is 0 Å². The van der Waals surface area contributed by atoms with Gasteiger partial charge in [0.05, 0.1) is 5.60 Å². The number of amides is 1. The van der Waals surface area contributed by atoms with Gasteiger partial charge in [-0.1, -0.05) is 0 Å². The molecule has 10 heavy (non-hydrogen) atoms. The Morgan fingerprint density at radius 2 is 2.20 bits per heavy atom. The summed E-state index contributed by atoms with van der Waals surface area (Å²) in [5, 5.41) is 9.45. The van der Waals surface area contributed by atoms with Crippen LogP contribution in [0.5, 0.6) is 0 Å². The molecule has 1 aliphatic carbocycles. The minimum atomic E-state index is -0.547. The third kappa shape index (κ3) is 1.70. The predicted molar refractivity (Wildman–Crippen MR) is 37.2 cm³/mol. The van der Waals surface area contributed by atoms with Crippen molar-refractivity contribution in [1.82, 2.24) is 0 Å². The Morgan fingerprint density at radius 1 is 1.60 bits per heavy atom. The van der Waals surface area contributed by atoms with Crippen molar-refractivity contribution in [3.05, 3.63) is 0 Å². The molecule has 1 saturated carbocycles. The van der Waals surface area contributed by atoms with Gasteiger partial charge in [-0.3, -0.25) is 4.79 Å². The second kappa shape index (κ2) is 2.58. The summed E-state index contributed by atoms with van der Waals surface area (Å²) in [7, 11) is 0. The lowest BCUT2D eigenvalue weighted by atomic mass is 9.77. The SMILES string of the molecule is NC(=O)CCC1(O)CCC1. The fraction of sp³-hybridized carbons (Fsp3) is 0.857. The highest BCUT2D eigenvalue weighted by atomic mass is 16.3. The molecule has 0 atom stereocenters. The molecule has 1 aliphatic rings. The van der Waals surface area contributed by atoms with Crippen LogP contribution in [0.2, 0.25) is 0 Å². The van der Waals surface area contributed by atoms with E-state index in [0.717, 1.165) is 19.3 Å². The van der Waals surface area contributed by atoms with Crippen LogP contribution < -0.4 is 5.73 Å². The van der Waals surface area contributed by atoms with Crippen molar-refractivity contribution < 1.29 is 9.90 Å². The van der Waals surface area contributed by atoms with Crippen molar-refractivity contribution in [3.63, 3.8) is 0 Å². The van der Waals surface area contributed by atoms with Gasteiger partial charge in [0.2, 0.25) is 5.91 Å². The zero-order valence-electron chi connectivity index (χ0n) is 5.97. The lowest BCUT2D eigenvalue weighted by Gasteiger charge is -2.36. The quantitative estimate of drug-likeness (QED) is 0.591. The fourth-order valence-corrected chi connectivity index (χ4v) is 1.19. The summed E-state index contributed by atoms with van der Waals surface area (Å²) >= 11 is 0. The molecule has 1 amide bonds. The summed E-state index contributed by atoms with van der Waals surface area (Å²) in [6.07, 6.45) is 3.61. The van der Waals surface area contributed by atoms with Gasteiger partial charge in [-0.2, -0.15) is 0 Å². The lowest BCUT2D eigenvalue weighted by Crippen LogP contribution is -2.37. The van der Waals surface area contributed by atoms with E-state index in [2.05, 4.69) is 0 Å². The summed E-state index contributed by atoms with van der Waals surface area (Å²) < 4.78 is 0. The summed E-state index contributed by atoms with van der Waals surface area (Å²) in [5.74, 6) is -0.319. The van der Waals surface area contributed by atoms with Gasteiger partial charge in [-0.05, 0) is 25.7 Å². The molecule has 3 N–H and O–H groups in total. The van der Waals surface area contributed by atoms with E-state index in [9.17, 15) is 9.90 Å². The van der Waals surface area contributed by atoms with Gasteiger partial charge >= 0.3 is 0 Å². The molecular weight excluding hydrogens is 130 g/mol. The Kier molecular flexibility index (Phi) is 1.94. The number of nitrogens with two attached hydrogens (primary N) is 1. The molecule has 58 valence electrons. The minimum Gasteiger partial charge on any atom is -0.390 e. The first-order valence-electron chi connectivity index (χ1n) is 3.63. The van der Waals surface area contributed by atoms with Crippen LogP contribution in [0, 0.1) is 0 Å². The van der Waals surface area contributed by atoms with Crippen LogP contribution in [0.4, 0.5) is 0 Å². The first-order chi connectivity index (χ1) is 4.62. The van der Waals surface area contributed by atoms with E-state index in [1.165, 1.54) is 0 Å². The van der Waals surface area contributed by atoms with Gasteiger partial charge in [-0.15, -0.1) is 0 Å². The third-order valence-corrected chi connectivity index (χ3v) is 2.12. The van der Waals surface area contributed by atoms with Gasteiger partial charge in [0.25, 0.3) is 0 Å². The average Bonchev–Trinajstić information content (AvgIpc) is 1.79. The van der Waals surface area contributed by atoms with E-state index in [1.807, 2.05) is 0 Å². The largest absolute Gasteiger partial charge is 0.390 e. The second-order valence-electron chi connectivity index (χ2n) is 3.04. The Labute approximate surface area is 60.2 Å². The van der Waals surface area contributed by atoms with Gasteiger partial charge in [0, 0.05) is 6.42 Å². The van der Waals surface area contributed by atoms with Crippen LogP contribution in [-0.4, -0.2) is 16.6 Å². The van der Waals surface area contributed by atoms with Gasteiger partial charge in [0.15, 0.2) is 0 Å². The van der Waals surface area contributed by atoms with E-state index in [4.69, 9.17) is 5.73 Å². The van der Waals surface area contributed by atoms with Crippen LogP contribution in [0.1, 0.15) is 32.1 Å². The van der Waals surface area contributed by atoms with E-state index in [0.29, 0.717) is 12.8 Å². The molecule has 0 aromatic carbocycles. The first-order valence-corrected chi connectivity index (χ1v) is 3.63. The highest BCUT2D eigenvalue weighted by Crippen LogP contribution is 2.35. The van der Waals surface area contributed by atoms with Crippen LogP contribution in [0.25, 0.3) is 0 Å². The number of aliphatic hydroxyl groups is 1. The van der Waals surface area contributed by atoms with E-state index >= 15 is 0 Å². The maximum atomic E-state index is 10.3. The molecule has 0 heterocycles. The van der Waals surface area contributed by atoms with Gasteiger partial charge in [-0.25, -0.2) is 0 Å². The molecule has 0 aromatic rings. The Hall–Kier alpha value is -0.570. The van der Waals surface area contributed by atoms with E-state index in [-0.39, 0.29) is 5.91 Å². The molecule has 1 rings (SSSR count). The molecule has 0 radical (unpaired) electrons. The van der Waals surface area contributed by atoms with E-state index < -0.39 is 5.60 Å². The zero-order chi connectivity index (χ0) is 7.61. The van der Waals surface area contributed by atoms with Crippen LogP contribution in [0.15, 0.2) is 0 Å². The van der Waals surface area contributed by atoms with Crippen LogP contribution in [-0.2, 0) is 4.79 Å². The van der Waals surface area contributed by atoms with Crippen molar-refractivity contribution in [3.8, 4) is 0 Å². The molecule has 0 bridgehead atoms. The number of hydrogen-bond acceptors (Lipinski definition) is 2. The standard InChI is InChI=1S/C7H13NO2/c8-6(9)2-5-7(10)3-1-4-7/h10H,1-5H2,(H2,8,9). The Balaban J connectivity index is 2.18. The van der Waals surface area contributed by atoms with Gasteiger partial charge in [0.1, 0.15) is 0 Å². The predicted octanol–water partition coefficient (Wildman–Crippen LogP) is 0.167. The molecule has 0 saturated heterocycles. The van der Waals surface area contributed by atoms with E-state index in [1.54, 1.807) is 0 Å². The maximum absolute atomic E-state index is 10.3. The average molecular weight is 143 g/mol. The lowest BCUT2D eigenvalue weighted by molar-refractivity contribution is -0.120. The first kappa shape index (κ1) is 7.54. The van der Waals surface area contributed by atoms with Crippen molar-refractivity contribution in [2.24, 2.45) is 5.73 Å². The highest BCUT2D eigenvalue weighted by molar-refractivity contribution is 5.73. The van der Waals surface area contributed by atoms with Crippen molar-refractivity contribution in [2.45, 2.75) is 37.7 Å². The smallest absolute Gasteiger partial charge is 0.217 e. The monoisotopic (exact) mass is 143 g/mol. The topological polar surface area (TPSA) is 63.3 Å². The summed E-state index contributed by atoms with van der Waals surface area (Å²) in [6, 6.07) is 0. The molecular formula is C7H13NO2. The third-order valence-electron chi connectivity index (χ3n) is 2.12. The molecule has 3 nitrogen and oxygen atoms in total. The normalized spacial score (nSPS) is 21.7. The second-order valence-corrected chi connectivity index (χ2v) is 3.04. The number of carbonyl (C=O) groups is 1. The number of hydrogen-bond donors (Lipinski definition) is 2. The molecule has 0 spiro atoms. The number of rotatable bonds is 3. The summed E-state index contributed by atoms with van der Waals surface area (Å²) in [5.41, 5.74) is 4.38. The van der Waals surface area contributed by atoms with Crippen molar-refractivity contribution >= 4 is 5.91 Å². The highest BCUT2D eigenvalue weighted by Gasteiger charge is 2.33.